The van der Waals surface area contributed by atoms with Gasteiger partial charge in [0, 0.05) is 21.8 Å². The minimum absolute atomic E-state index is 0.102. The van der Waals surface area contributed by atoms with Crippen molar-refractivity contribution in [2.45, 2.75) is 26.2 Å². The van der Waals surface area contributed by atoms with E-state index >= 15 is 0 Å². The quantitative estimate of drug-likeness (QED) is 0.906. The minimum atomic E-state index is -0.434. The lowest BCUT2D eigenvalue weighted by Gasteiger charge is -2.24. The molecule has 0 unspecified atom stereocenters. The first kappa shape index (κ1) is 14.7. The molecule has 104 valence electrons. The van der Waals surface area contributed by atoms with Gasteiger partial charge in [-0.25, -0.2) is 0 Å². The number of hydrogen-bond acceptors (Lipinski definition) is 2. The zero-order valence-electron chi connectivity index (χ0n) is 11.8. The molecule has 1 aromatic heterocycles. The van der Waals surface area contributed by atoms with Crippen molar-refractivity contribution in [3.8, 4) is 11.3 Å². The number of pyridine rings is 1. The van der Waals surface area contributed by atoms with E-state index in [0.29, 0.717) is 5.56 Å². The monoisotopic (exact) mass is 332 g/mol. The molecule has 0 fully saturated rings. The molecule has 1 heterocycles. The molecule has 20 heavy (non-hydrogen) atoms. The van der Waals surface area contributed by atoms with Gasteiger partial charge in [-0.3, -0.25) is 9.78 Å². The maximum atomic E-state index is 11.7. The largest absolute Gasteiger partial charge is 0.366 e. The zero-order valence-corrected chi connectivity index (χ0v) is 13.4. The molecule has 2 aromatic rings. The van der Waals surface area contributed by atoms with E-state index in [9.17, 15) is 4.79 Å². The van der Waals surface area contributed by atoms with Crippen LogP contribution in [0.15, 0.2) is 41.0 Å². The van der Waals surface area contributed by atoms with Crippen LogP contribution in [0.2, 0.25) is 0 Å². The van der Waals surface area contributed by atoms with Crippen LogP contribution in [0.1, 0.15) is 36.7 Å². The number of carbonyl (C=O) groups excluding carboxylic acids is 1. The Morgan fingerprint density at radius 3 is 2.40 bits per heavy atom. The van der Waals surface area contributed by atoms with Gasteiger partial charge in [0.05, 0.1) is 5.69 Å². The summed E-state index contributed by atoms with van der Waals surface area (Å²) in [7, 11) is 0. The molecule has 0 saturated heterocycles. The fourth-order valence-electron chi connectivity index (χ4n) is 2.18. The summed E-state index contributed by atoms with van der Waals surface area (Å²) in [5.41, 5.74) is 8.56. The second-order valence-electron chi connectivity index (χ2n) is 5.70. The Hall–Kier alpha value is -1.68. The van der Waals surface area contributed by atoms with E-state index in [1.807, 2.05) is 24.3 Å². The molecule has 0 spiro atoms. The summed E-state index contributed by atoms with van der Waals surface area (Å²) in [6.45, 7) is 6.32. The van der Waals surface area contributed by atoms with Gasteiger partial charge in [0.25, 0.3) is 0 Å². The molecule has 2 rings (SSSR count). The molecule has 1 amide bonds. The van der Waals surface area contributed by atoms with Crippen molar-refractivity contribution in [3.05, 3.63) is 52.1 Å². The SMILES string of the molecule is CC(C)(C)c1cccc(C(N)=O)c1-c1ccc(Br)cn1. The summed E-state index contributed by atoms with van der Waals surface area (Å²) < 4.78 is 0.898. The van der Waals surface area contributed by atoms with E-state index in [-0.39, 0.29) is 5.41 Å². The Morgan fingerprint density at radius 2 is 1.90 bits per heavy atom. The molecule has 0 aliphatic carbocycles. The lowest BCUT2D eigenvalue weighted by atomic mass is 9.81. The number of nitrogens with zero attached hydrogens (tertiary/aromatic N) is 1. The van der Waals surface area contributed by atoms with Crippen LogP contribution in [-0.2, 0) is 5.41 Å². The van der Waals surface area contributed by atoms with E-state index in [2.05, 4.69) is 41.7 Å². The number of rotatable bonds is 2. The lowest BCUT2D eigenvalue weighted by Crippen LogP contribution is -2.18. The maximum absolute atomic E-state index is 11.7. The number of benzene rings is 1. The first-order valence-corrected chi connectivity index (χ1v) is 7.15. The van der Waals surface area contributed by atoms with E-state index in [1.165, 1.54) is 0 Å². The summed E-state index contributed by atoms with van der Waals surface area (Å²) in [6, 6.07) is 9.43. The van der Waals surface area contributed by atoms with Gasteiger partial charge in [0.2, 0.25) is 5.91 Å². The standard InChI is InChI=1S/C16H17BrN2O/c1-16(2,3)12-6-4-5-11(15(18)20)14(12)13-8-7-10(17)9-19-13/h4-9H,1-3H3,(H2,18,20). The summed E-state index contributed by atoms with van der Waals surface area (Å²) in [6.07, 6.45) is 1.72. The molecule has 2 N–H and O–H groups in total. The van der Waals surface area contributed by atoms with Crippen LogP contribution in [0.4, 0.5) is 0 Å². The summed E-state index contributed by atoms with van der Waals surface area (Å²) in [5, 5.41) is 0. The molecule has 0 radical (unpaired) electrons. The number of aromatic nitrogens is 1. The third kappa shape index (κ3) is 2.90. The Bertz CT molecular complexity index is 643. The van der Waals surface area contributed by atoms with E-state index in [1.54, 1.807) is 12.3 Å². The van der Waals surface area contributed by atoms with Crippen molar-refractivity contribution in [2.75, 3.05) is 0 Å². The highest BCUT2D eigenvalue weighted by Crippen LogP contribution is 2.34. The predicted molar refractivity (Wildman–Crippen MR) is 84.6 cm³/mol. The second-order valence-corrected chi connectivity index (χ2v) is 6.62. The van der Waals surface area contributed by atoms with Crippen molar-refractivity contribution in [2.24, 2.45) is 5.73 Å². The van der Waals surface area contributed by atoms with E-state index in [0.717, 1.165) is 21.3 Å². The second kappa shape index (κ2) is 5.37. The van der Waals surface area contributed by atoms with Gasteiger partial charge in [0.15, 0.2) is 0 Å². The highest BCUT2D eigenvalue weighted by atomic mass is 79.9. The summed E-state index contributed by atoms with van der Waals surface area (Å²) in [5.74, 6) is -0.434. The molecule has 0 aliphatic rings. The highest BCUT2D eigenvalue weighted by Gasteiger charge is 2.23. The van der Waals surface area contributed by atoms with Crippen molar-refractivity contribution in [1.29, 1.82) is 0 Å². The maximum Gasteiger partial charge on any atom is 0.249 e. The minimum Gasteiger partial charge on any atom is -0.366 e. The van der Waals surface area contributed by atoms with Crippen LogP contribution in [0.25, 0.3) is 11.3 Å². The van der Waals surface area contributed by atoms with Gasteiger partial charge in [-0.05, 0) is 45.1 Å². The van der Waals surface area contributed by atoms with E-state index < -0.39 is 5.91 Å². The molecule has 0 aliphatic heterocycles. The topological polar surface area (TPSA) is 56.0 Å². The van der Waals surface area contributed by atoms with Crippen LogP contribution in [0.5, 0.6) is 0 Å². The van der Waals surface area contributed by atoms with Gasteiger partial charge in [0.1, 0.15) is 0 Å². The predicted octanol–water partition coefficient (Wildman–Crippen LogP) is 3.91. The molecule has 4 heteroatoms. The van der Waals surface area contributed by atoms with Crippen molar-refractivity contribution >= 4 is 21.8 Å². The molecular weight excluding hydrogens is 316 g/mol. The van der Waals surface area contributed by atoms with Crippen LogP contribution in [0, 0.1) is 0 Å². The molecule has 3 nitrogen and oxygen atoms in total. The first-order chi connectivity index (χ1) is 9.30. The average Bonchev–Trinajstić information content (AvgIpc) is 2.37. The highest BCUT2D eigenvalue weighted by molar-refractivity contribution is 9.10. The Kier molecular flexibility index (Phi) is 3.95. The smallest absolute Gasteiger partial charge is 0.249 e. The summed E-state index contributed by atoms with van der Waals surface area (Å²) >= 11 is 3.37. The molecule has 0 bridgehead atoms. The lowest BCUT2D eigenvalue weighted by molar-refractivity contribution is 0.100. The normalized spacial score (nSPS) is 11.4. The fraction of sp³-hybridized carbons (Fsp3) is 0.250. The van der Waals surface area contributed by atoms with Gasteiger partial charge in [-0.15, -0.1) is 0 Å². The summed E-state index contributed by atoms with van der Waals surface area (Å²) in [4.78, 5) is 16.1. The van der Waals surface area contributed by atoms with Crippen LogP contribution in [-0.4, -0.2) is 10.9 Å². The van der Waals surface area contributed by atoms with Gasteiger partial charge >= 0.3 is 0 Å². The van der Waals surface area contributed by atoms with Crippen LogP contribution in [0.3, 0.4) is 0 Å². The van der Waals surface area contributed by atoms with Crippen LogP contribution >= 0.6 is 15.9 Å². The average molecular weight is 333 g/mol. The third-order valence-corrected chi connectivity index (χ3v) is 3.59. The van der Waals surface area contributed by atoms with Gasteiger partial charge in [-0.2, -0.15) is 0 Å². The number of hydrogen-bond donors (Lipinski definition) is 1. The zero-order chi connectivity index (χ0) is 14.9. The molecule has 1 aromatic carbocycles. The Balaban J connectivity index is 2.76. The van der Waals surface area contributed by atoms with Crippen molar-refractivity contribution in [1.82, 2.24) is 4.98 Å². The van der Waals surface area contributed by atoms with Gasteiger partial charge in [-0.1, -0.05) is 32.9 Å². The van der Waals surface area contributed by atoms with Crippen molar-refractivity contribution in [3.63, 3.8) is 0 Å². The Morgan fingerprint density at radius 1 is 1.20 bits per heavy atom. The molecule has 0 saturated carbocycles. The van der Waals surface area contributed by atoms with E-state index in [4.69, 9.17) is 5.73 Å². The fourth-order valence-corrected chi connectivity index (χ4v) is 2.42. The van der Waals surface area contributed by atoms with Crippen molar-refractivity contribution < 1.29 is 4.79 Å². The molecule has 0 atom stereocenters. The number of nitrogens with two attached hydrogens (primary N) is 1. The van der Waals surface area contributed by atoms with Gasteiger partial charge < -0.3 is 5.73 Å². The third-order valence-electron chi connectivity index (χ3n) is 3.12. The molecular formula is C16H17BrN2O. The number of carbonyl (C=O) groups is 1. The Labute approximate surface area is 127 Å². The number of amides is 1. The number of primary amides is 1. The number of halogens is 1. The van der Waals surface area contributed by atoms with Crippen LogP contribution < -0.4 is 5.73 Å². The first-order valence-electron chi connectivity index (χ1n) is 6.36.